The minimum Gasteiger partial charge on any atom is -0.481 e. The fourth-order valence-electron chi connectivity index (χ4n) is 2.69. The smallest absolute Gasteiger partial charge is 0.303 e. The van der Waals surface area contributed by atoms with Crippen molar-refractivity contribution in [2.45, 2.75) is 85.0 Å². The van der Waals surface area contributed by atoms with Gasteiger partial charge in [0.15, 0.2) is 0 Å². The van der Waals surface area contributed by atoms with Crippen LogP contribution in [0.25, 0.3) is 0 Å². The van der Waals surface area contributed by atoms with E-state index in [1.165, 1.54) is 44.9 Å². The van der Waals surface area contributed by atoms with Gasteiger partial charge in [0.2, 0.25) is 0 Å². The van der Waals surface area contributed by atoms with Crippen molar-refractivity contribution in [3.05, 3.63) is 0 Å². The van der Waals surface area contributed by atoms with Crippen molar-refractivity contribution < 1.29 is 9.90 Å². The summed E-state index contributed by atoms with van der Waals surface area (Å²) in [6, 6.07) is 0. The largest absolute Gasteiger partial charge is 0.481 e. The highest BCUT2D eigenvalue weighted by Crippen LogP contribution is 2.25. The number of unbranched alkanes of at least 4 members (excludes halogenated alkanes) is 2. The highest BCUT2D eigenvalue weighted by Gasteiger charge is 2.14. The van der Waals surface area contributed by atoms with E-state index in [2.05, 4.69) is 20.8 Å². The third-order valence-corrected chi connectivity index (χ3v) is 3.94. The molecule has 0 aromatic carbocycles. The summed E-state index contributed by atoms with van der Waals surface area (Å²) in [5.74, 6) is 0.567. The number of hydrogen-bond acceptors (Lipinski definition) is 1. The van der Waals surface area contributed by atoms with Gasteiger partial charge in [-0.1, -0.05) is 72.1 Å². The highest BCUT2D eigenvalue weighted by atomic mass is 16.4. The fourth-order valence-corrected chi connectivity index (χ4v) is 2.69. The zero-order chi connectivity index (χ0) is 13.8. The van der Waals surface area contributed by atoms with Crippen LogP contribution in [0.15, 0.2) is 0 Å². The van der Waals surface area contributed by atoms with Crippen LogP contribution in [-0.4, -0.2) is 11.1 Å². The third kappa shape index (κ3) is 9.49. The van der Waals surface area contributed by atoms with Gasteiger partial charge in [-0.05, 0) is 18.3 Å². The topological polar surface area (TPSA) is 37.3 Å². The second-order valence-electron chi connectivity index (χ2n) is 5.60. The fraction of sp³-hybridized carbons (Fsp3) is 0.938. The van der Waals surface area contributed by atoms with Crippen molar-refractivity contribution in [2.24, 2.45) is 11.8 Å². The van der Waals surface area contributed by atoms with Crippen molar-refractivity contribution in [3.8, 4) is 0 Å². The number of aliphatic carboxylic acids is 1. The molecule has 0 aromatic rings. The standard InChI is InChI=1S/C16H32O2/c1-4-7-8-10-15(9-5-2)12-11-14(6-3)13-16(17)18/h14-15H,4-13H2,1-3H3,(H,17,18)/t14-,15+/m0/s1. The van der Waals surface area contributed by atoms with E-state index in [0.717, 1.165) is 18.8 Å². The maximum atomic E-state index is 10.7. The van der Waals surface area contributed by atoms with Crippen LogP contribution in [0.4, 0.5) is 0 Å². The van der Waals surface area contributed by atoms with Gasteiger partial charge in [0.05, 0.1) is 0 Å². The van der Waals surface area contributed by atoms with Gasteiger partial charge < -0.3 is 5.11 Å². The molecule has 0 fully saturated rings. The molecule has 18 heavy (non-hydrogen) atoms. The number of carboxylic acid groups (broad SMARTS) is 1. The molecular weight excluding hydrogens is 224 g/mol. The molecular formula is C16H32O2. The van der Waals surface area contributed by atoms with Gasteiger partial charge in [-0.25, -0.2) is 0 Å². The molecule has 2 heteroatoms. The van der Waals surface area contributed by atoms with E-state index in [1.54, 1.807) is 0 Å². The van der Waals surface area contributed by atoms with Crippen LogP contribution in [0.1, 0.15) is 85.0 Å². The lowest BCUT2D eigenvalue weighted by atomic mass is 9.87. The lowest BCUT2D eigenvalue weighted by Gasteiger charge is -2.19. The first-order valence-electron chi connectivity index (χ1n) is 7.85. The summed E-state index contributed by atoms with van der Waals surface area (Å²) in [4.78, 5) is 10.7. The molecule has 0 saturated heterocycles. The number of carboxylic acids is 1. The molecule has 2 atom stereocenters. The molecule has 0 aliphatic rings. The Morgan fingerprint density at radius 1 is 0.889 bits per heavy atom. The lowest BCUT2D eigenvalue weighted by Crippen LogP contribution is -2.10. The highest BCUT2D eigenvalue weighted by molar-refractivity contribution is 5.66. The summed E-state index contributed by atoms with van der Waals surface area (Å²) in [5, 5.41) is 8.86. The number of rotatable bonds is 12. The number of hydrogen-bond donors (Lipinski definition) is 1. The van der Waals surface area contributed by atoms with Crippen LogP contribution in [-0.2, 0) is 4.79 Å². The first-order valence-corrected chi connectivity index (χ1v) is 7.85. The van der Waals surface area contributed by atoms with Gasteiger partial charge in [-0.2, -0.15) is 0 Å². The quantitative estimate of drug-likeness (QED) is 0.483. The summed E-state index contributed by atoms with van der Waals surface area (Å²) >= 11 is 0. The van der Waals surface area contributed by atoms with Crippen LogP contribution >= 0.6 is 0 Å². The van der Waals surface area contributed by atoms with Gasteiger partial charge in [0.1, 0.15) is 0 Å². The Bertz CT molecular complexity index is 201. The van der Waals surface area contributed by atoms with Crippen molar-refractivity contribution >= 4 is 5.97 Å². The molecule has 0 heterocycles. The molecule has 2 nitrogen and oxygen atoms in total. The van der Waals surface area contributed by atoms with Gasteiger partial charge in [0.25, 0.3) is 0 Å². The summed E-state index contributed by atoms with van der Waals surface area (Å²) < 4.78 is 0. The Balaban J connectivity index is 3.94. The Kier molecular flexibility index (Phi) is 11.2. The molecule has 0 bridgehead atoms. The van der Waals surface area contributed by atoms with Crippen molar-refractivity contribution in [1.82, 2.24) is 0 Å². The normalized spacial score (nSPS) is 14.4. The minimum atomic E-state index is -0.639. The summed E-state index contributed by atoms with van der Waals surface area (Å²) in [6.07, 6.45) is 11.6. The minimum absolute atomic E-state index is 0.351. The Morgan fingerprint density at radius 3 is 2.06 bits per heavy atom. The predicted molar refractivity (Wildman–Crippen MR) is 77.8 cm³/mol. The zero-order valence-corrected chi connectivity index (χ0v) is 12.6. The molecule has 0 radical (unpaired) electrons. The van der Waals surface area contributed by atoms with Crippen molar-refractivity contribution in [3.63, 3.8) is 0 Å². The monoisotopic (exact) mass is 256 g/mol. The summed E-state index contributed by atoms with van der Waals surface area (Å²) in [7, 11) is 0. The predicted octanol–water partition coefficient (Wildman–Crippen LogP) is 5.26. The molecule has 0 aliphatic heterocycles. The van der Waals surface area contributed by atoms with Gasteiger partial charge in [0, 0.05) is 6.42 Å². The van der Waals surface area contributed by atoms with Crippen molar-refractivity contribution in [2.75, 3.05) is 0 Å². The molecule has 0 spiro atoms. The molecule has 0 saturated carbocycles. The summed E-state index contributed by atoms with van der Waals surface area (Å²) in [6.45, 7) is 6.61. The molecule has 108 valence electrons. The van der Waals surface area contributed by atoms with Gasteiger partial charge in [-0.15, -0.1) is 0 Å². The molecule has 0 aliphatic carbocycles. The second-order valence-corrected chi connectivity index (χ2v) is 5.60. The van der Waals surface area contributed by atoms with E-state index in [9.17, 15) is 4.79 Å². The second kappa shape index (κ2) is 11.6. The molecule has 0 rings (SSSR count). The third-order valence-electron chi connectivity index (χ3n) is 3.94. The van der Waals surface area contributed by atoms with Gasteiger partial charge >= 0.3 is 5.97 Å². The van der Waals surface area contributed by atoms with Crippen LogP contribution in [0.2, 0.25) is 0 Å². The zero-order valence-electron chi connectivity index (χ0n) is 12.6. The lowest BCUT2D eigenvalue weighted by molar-refractivity contribution is -0.138. The SMILES string of the molecule is CCCCC[C@@H](CCC)CC[C@H](CC)CC(=O)O. The molecule has 0 amide bonds. The Hall–Kier alpha value is -0.530. The van der Waals surface area contributed by atoms with E-state index in [-0.39, 0.29) is 0 Å². The number of carbonyl (C=O) groups is 1. The van der Waals surface area contributed by atoms with Crippen LogP contribution in [0.5, 0.6) is 0 Å². The Morgan fingerprint density at radius 2 is 1.56 bits per heavy atom. The van der Waals surface area contributed by atoms with Gasteiger partial charge in [-0.3, -0.25) is 4.79 Å². The average molecular weight is 256 g/mol. The van der Waals surface area contributed by atoms with Crippen LogP contribution < -0.4 is 0 Å². The van der Waals surface area contributed by atoms with Crippen LogP contribution in [0, 0.1) is 11.8 Å². The van der Waals surface area contributed by atoms with E-state index in [4.69, 9.17) is 5.11 Å². The first-order chi connectivity index (χ1) is 8.63. The van der Waals surface area contributed by atoms with E-state index in [1.807, 2.05) is 0 Å². The van der Waals surface area contributed by atoms with Crippen molar-refractivity contribution in [1.29, 1.82) is 0 Å². The molecule has 1 N–H and O–H groups in total. The average Bonchev–Trinajstić information content (AvgIpc) is 2.34. The van der Waals surface area contributed by atoms with Crippen LogP contribution in [0.3, 0.4) is 0 Å². The van der Waals surface area contributed by atoms with E-state index >= 15 is 0 Å². The first kappa shape index (κ1) is 17.5. The maximum absolute atomic E-state index is 10.7. The van der Waals surface area contributed by atoms with E-state index < -0.39 is 5.97 Å². The molecule has 0 aromatic heterocycles. The van der Waals surface area contributed by atoms with E-state index in [0.29, 0.717) is 12.3 Å². The summed E-state index contributed by atoms with van der Waals surface area (Å²) in [5.41, 5.74) is 0. The Labute approximate surface area is 113 Å². The maximum Gasteiger partial charge on any atom is 0.303 e. The molecule has 0 unspecified atom stereocenters.